The molecular weight excluding hydrogens is 248 g/mol. The van der Waals surface area contributed by atoms with Crippen LogP contribution in [-0.2, 0) is 11.2 Å². The summed E-state index contributed by atoms with van der Waals surface area (Å²) < 4.78 is 5.69. The molecule has 1 aromatic rings. The highest BCUT2D eigenvalue weighted by Gasteiger charge is 2.30. The van der Waals surface area contributed by atoms with E-state index in [4.69, 9.17) is 4.74 Å². The molecule has 0 bridgehead atoms. The summed E-state index contributed by atoms with van der Waals surface area (Å²) in [6.07, 6.45) is 3.84. The van der Waals surface area contributed by atoms with Gasteiger partial charge in [0, 0.05) is 30.7 Å². The molecule has 3 nitrogen and oxygen atoms in total. The van der Waals surface area contributed by atoms with Crippen LogP contribution in [0, 0.1) is 5.92 Å². The first-order valence-electron chi connectivity index (χ1n) is 8.02. The van der Waals surface area contributed by atoms with Crippen molar-refractivity contribution < 1.29 is 4.74 Å². The Bertz CT molecular complexity index is 435. The van der Waals surface area contributed by atoms with Crippen molar-refractivity contribution in [3.63, 3.8) is 0 Å². The molecule has 3 rings (SSSR count). The monoisotopic (exact) mass is 274 g/mol. The van der Waals surface area contributed by atoms with Gasteiger partial charge in [0.15, 0.2) is 0 Å². The van der Waals surface area contributed by atoms with Crippen molar-refractivity contribution in [1.82, 2.24) is 5.32 Å². The molecule has 1 aromatic carbocycles. The Labute approximate surface area is 122 Å². The predicted molar refractivity (Wildman–Crippen MR) is 83.4 cm³/mol. The van der Waals surface area contributed by atoms with Crippen LogP contribution in [-0.4, -0.2) is 38.9 Å². The van der Waals surface area contributed by atoms with E-state index >= 15 is 0 Å². The molecule has 2 aliphatic rings. The minimum Gasteiger partial charge on any atom is -0.379 e. The summed E-state index contributed by atoms with van der Waals surface area (Å²) in [5, 5.41) is 3.57. The molecule has 0 radical (unpaired) electrons. The minimum atomic E-state index is 0.524. The number of hydrogen-bond donors (Lipinski definition) is 1. The van der Waals surface area contributed by atoms with Crippen LogP contribution in [0.25, 0.3) is 0 Å². The van der Waals surface area contributed by atoms with Crippen molar-refractivity contribution in [2.45, 2.75) is 32.2 Å². The number of ether oxygens (including phenoxy) is 1. The summed E-state index contributed by atoms with van der Waals surface area (Å²) in [6, 6.07) is 9.45. The molecular formula is C17H26N2O. The van der Waals surface area contributed by atoms with Crippen LogP contribution in [0.5, 0.6) is 0 Å². The first-order valence-corrected chi connectivity index (χ1v) is 8.02. The SMILES string of the molecule is CCNC1COCC1CN1CCCCc2ccccc21. The van der Waals surface area contributed by atoms with Gasteiger partial charge in [-0.15, -0.1) is 0 Å². The summed E-state index contributed by atoms with van der Waals surface area (Å²) in [6.45, 7) is 7.28. The number of para-hydroxylation sites is 1. The van der Waals surface area contributed by atoms with E-state index in [1.165, 1.54) is 37.1 Å². The summed E-state index contributed by atoms with van der Waals surface area (Å²) in [5.41, 5.74) is 2.97. The second-order valence-electron chi connectivity index (χ2n) is 5.99. The zero-order valence-corrected chi connectivity index (χ0v) is 12.5. The van der Waals surface area contributed by atoms with Crippen molar-refractivity contribution in [2.24, 2.45) is 5.92 Å². The van der Waals surface area contributed by atoms with Crippen molar-refractivity contribution in [3.8, 4) is 0 Å². The average Bonchev–Trinajstić information content (AvgIpc) is 2.80. The second-order valence-corrected chi connectivity index (χ2v) is 5.99. The lowest BCUT2D eigenvalue weighted by atomic mass is 10.0. The summed E-state index contributed by atoms with van der Waals surface area (Å²) >= 11 is 0. The molecule has 0 amide bonds. The van der Waals surface area contributed by atoms with Crippen molar-refractivity contribution >= 4 is 5.69 Å². The Morgan fingerprint density at radius 1 is 1.25 bits per heavy atom. The largest absolute Gasteiger partial charge is 0.379 e. The lowest BCUT2D eigenvalue weighted by Crippen LogP contribution is -2.42. The van der Waals surface area contributed by atoms with Crippen molar-refractivity contribution in [1.29, 1.82) is 0 Å². The molecule has 110 valence electrons. The zero-order valence-electron chi connectivity index (χ0n) is 12.5. The molecule has 1 saturated heterocycles. The van der Waals surface area contributed by atoms with Gasteiger partial charge in [-0.1, -0.05) is 25.1 Å². The normalized spacial score (nSPS) is 26.4. The molecule has 0 aliphatic carbocycles. The van der Waals surface area contributed by atoms with Crippen molar-refractivity contribution in [2.75, 3.05) is 37.7 Å². The number of nitrogens with one attached hydrogen (secondary N) is 1. The smallest absolute Gasteiger partial charge is 0.0624 e. The molecule has 2 heterocycles. The Morgan fingerprint density at radius 3 is 3.05 bits per heavy atom. The Balaban J connectivity index is 1.73. The molecule has 0 saturated carbocycles. The van der Waals surface area contributed by atoms with Crippen LogP contribution < -0.4 is 10.2 Å². The van der Waals surface area contributed by atoms with Gasteiger partial charge in [-0.3, -0.25) is 0 Å². The van der Waals surface area contributed by atoms with Crippen LogP contribution in [0.3, 0.4) is 0 Å². The van der Waals surface area contributed by atoms with Gasteiger partial charge in [-0.05, 0) is 37.4 Å². The molecule has 3 heteroatoms. The summed E-state index contributed by atoms with van der Waals surface area (Å²) in [4.78, 5) is 2.59. The van der Waals surface area contributed by atoms with E-state index in [0.717, 1.165) is 26.3 Å². The number of hydrogen-bond acceptors (Lipinski definition) is 3. The molecule has 20 heavy (non-hydrogen) atoms. The molecule has 0 spiro atoms. The topological polar surface area (TPSA) is 24.5 Å². The highest BCUT2D eigenvalue weighted by atomic mass is 16.5. The van der Waals surface area contributed by atoms with Gasteiger partial charge in [0.05, 0.1) is 13.2 Å². The minimum absolute atomic E-state index is 0.524. The quantitative estimate of drug-likeness (QED) is 0.913. The average molecular weight is 274 g/mol. The number of fused-ring (bicyclic) bond motifs is 1. The zero-order chi connectivity index (χ0) is 13.8. The van der Waals surface area contributed by atoms with Crippen molar-refractivity contribution in [3.05, 3.63) is 29.8 Å². The number of aryl methyl sites for hydroxylation is 1. The maximum atomic E-state index is 5.69. The van der Waals surface area contributed by atoms with E-state index in [0.29, 0.717) is 12.0 Å². The number of anilines is 1. The third kappa shape index (κ3) is 2.99. The van der Waals surface area contributed by atoms with E-state index in [1.54, 1.807) is 0 Å². The first-order chi connectivity index (χ1) is 9.88. The Morgan fingerprint density at radius 2 is 2.15 bits per heavy atom. The van der Waals surface area contributed by atoms with Crippen LogP contribution in [0.1, 0.15) is 25.3 Å². The third-order valence-electron chi connectivity index (χ3n) is 4.58. The van der Waals surface area contributed by atoms with Gasteiger partial charge in [0.2, 0.25) is 0 Å². The fourth-order valence-electron chi connectivity index (χ4n) is 3.51. The molecule has 1 N–H and O–H groups in total. The standard InChI is InChI=1S/C17H26N2O/c1-2-18-16-13-20-12-15(16)11-19-10-6-5-8-14-7-3-4-9-17(14)19/h3-4,7,9,15-16,18H,2,5-6,8,10-13H2,1H3. The third-order valence-corrected chi connectivity index (χ3v) is 4.58. The summed E-state index contributed by atoms with van der Waals surface area (Å²) in [7, 11) is 0. The number of rotatable bonds is 4. The van der Waals surface area contributed by atoms with Gasteiger partial charge in [-0.2, -0.15) is 0 Å². The van der Waals surface area contributed by atoms with E-state index in [1.807, 2.05) is 0 Å². The van der Waals surface area contributed by atoms with E-state index < -0.39 is 0 Å². The maximum absolute atomic E-state index is 5.69. The second kappa shape index (κ2) is 6.59. The maximum Gasteiger partial charge on any atom is 0.0624 e. The van der Waals surface area contributed by atoms with Gasteiger partial charge < -0.3 is 15.0 Å². The number of likely N-dealkylation sites (N-methyl/N-ethyl adjacent to an activating group) is 1. The highest BCUT2D eigenvalue weighted by Crippen LogP contribution is 2.28. The molecule has 1 fully saturated rings. The Hall–Kier alpha value is -1.06. The fourth-order valence-corrected chi connectivity index (χ4v) is 3.51. The van der Waals surface area contributed by atoms with E-state index in [-0.39, 0.29) is 0 Å². The highest BCUT2D eigenvalue weighted by molar-refractivity contribution is 5.54. The molecule has 2 aliphatic heterocycles. The van der Waals surface area contributed by atoms with Gasteiger partial charge in [-0.25, -0.2) is 0 Å². The first kappa shape index (κ1) is 13.9. The lowest BCUT2D eigenvalue weighted by Gasteiger charge is -2.30. The molecule has 0 aromatic heterocycles. The number of benzene rings is 1. The molecule has 2 unspecified atom stereocenters. The van der Waals surface area contributed by atoms with Crippen LogP contribution in [0.15, 0.2) is 24.3 Å². The van der Waals surface area contributed by atoms with Gasteiger partial charge >= 0.3 is 0 Å². The van der Waals surface area contributed by atoms with E-state index in [9.17, 15) is 0 Å². The van der Waals surface area contributed by atoms with Gasteiger partial charge in [0.1, 0.15) is 0 Å². The van der Waals surface area contributed by atoms with Crippen LogP contribution in [0.4, 0.5) is 5.69 Å². The molecule has 2 atom stereocenters. The van der Waals surface area contributed by atoms with Crippen LogP contribution >= 0.6 is 0 Å². The van der Waals surface area contributed by atoms with Gasteiger partial charge in [0.25, 0.3) is 0 Å². The van der Waals surface area contributed by atoms with E-state index in [2.05, 4.69) is 41.4 Å². The Kier molecular flexibility index (Phi) is 4.58. The number of nitrogens with zero attached hydrogens (tertiary/aromatic N) is 1. The lowest BCUT2D eigenvalue weighted by molar-refractivity contribution is 0.183. The predicted octanol–water partition coefficient (Wildman–Crippen LogP) is 2.45. The fraction of sp³-hybridized carbons (Fsp3) is 0.647. The van der Waals surface area contributed by atoms with Crippen LogP contribution in [0.2, 0.25) is 0 Å². The summed E-state index contributed by atoms with van der Waals surface area (Å²) in [5.74, 6) is 0.612.